The van der Waals surface area contributed by atoms with Crippen LogP contribution in [0, 0.1) is 23.7 Å². The molecular formula is C34H59N5O8. The second kappa shape index (κ2) is 21.8. The molecule has 268 valence electrons. The summed E-state index contributed by atoms with van der Waals surface area (Å²) in [4.78, 5) is 39.8. The average molecular weight is 666 g/mol. The molecule has 0 saturated carbocycles. The maximum atomic E-state index is 13.3. The Morgan fingerprint density at radius 3 is 2.34 bits per heavy atom. The number of morpholine rings is 1. The van der Waals surface area contributed by atoms with Gasteiger partial charge in [-0.25, -0.2) is 0 Å². The maximum absolute atomic E-state index is 13.3. The molecule has 3 amide bonds. The molecule has 47 heavy (non-hydrogen) atoms. The molecular weight excluding hydrogens is 606 g/mol. The Morgan fingerprint density at radius 1 is 1.00 bits per heavy atom. The second-order valence-corrected chi connectivity index (χ2v) is 13.0. The van der Waals surface area contributed by atoms with Gasteiger partial charge in [-0.15, -0.1) is 0 Å². The van der Waals surface area contributed by atoms with Crippen molar-refractivity contribution in [2.24, 2.45) is 35.1 Å². The van der Waals surface area contributed by atoms with Crippen molar-refractivity contribution in [1.82, 2.24) is 15.5 Å². The highest BCUT2D eigenvalue weighted by molar-refractivity contribution is 5.97. The highest BCUT2D eigenvalue weighted by Gasteiger charge is 2.30. The number of carbonyl (C=O) groups is 3. The maximum Gasteiger partial charge on any atom is 0.255 e. The van der Waals surface area contributed by atoms with Crippen LogP contribution < -0.4 is 31.6 Å². The molecule has 1 aliphatic rings. The monoisotopic (exact) mass is 665 g/mol. The minimum Gasteiger partial charge on any atom is -0.493 e. The molecule has 0 bridgehead atoms. The Labute approximate surface area is 280 Å². The third-order valence-electron chi connectivity index (χ3n) is 8.58. The zero-order valence-corrected chi connectivity index (χ0v) is 29.0. The number of aliphatic hydroxyl groups excluding tert-OH is 1. The Morgan fingerprint density at radius 2 is 1.70 bits per heavy atom. The van der Waals surface area contributed by atoms with Gasteiger partial charge in [0.2, 0.25) is 5.91 Å². The predicted octanol–water partition coefficient (Wildman–Crippen LogP) is 1.55. The highest BCUT2D eigenvalue weighted by atomic mass is 16.5. The fourth-order valence-electron chi connectivity index (χ4n) is 5.41. The van der Waals surface area contributed by atoms with Crippen LogP contribution in [0.2, 0.25) is 0 Å². The number of primary amides is 1. The summed E-state index contributed by atoms with van der Waals surface area (Å²) < 4.78 is 21.8. The van der Waals surface area contributed by atoms with Crippen LogP contribution in [0.1, 0.15) is 63.7 Å². The van der Waals surface area contributed by atoms with Crippen molar-refractivity contribution in [2.45, 2.75) is 65.5 Å². The van der Waals surface area contributed by atoms with E-state index in [1.807, 2.05) is 27.7 Å². The van der Waals surface area contributed by atoms with Gasteiger partial charge in [-0.2, -0.15) is 0 Å². The lowest BCUT2D eigenvalue weighted by atomic mass is 9.83. The van der Waals surface area contributed by atoms with Crippen LogP contribution in [0.15, 0.2) is 18.2 Å². The Bertz CT molecular complexity index is 1080. The zero-order valence-electron chi connectivity index (χ0n) is 29.0. The number of nitrogens with one attached hydrogen (secondary N) is 2. The van der Waals surface area contributed by atoms with Gasteiger partial charge in [0.05, 0.1) is 31.5 Å². The van der Waals surface area contributed by atoms with Crippen molar-refractivity contribution in [3.63, 3.8) is 0 Å². The zero-order chi connectivity index (χ0) is 34.8. The molecule has 1 heterocycles. The molecule has 1 fully saturated rings. The molecule has 13 nitrogen and oxygen atoms in total. The number of benzene rings is 1. The minimum absolute atomic E-state index is 0.0277. The van der Waals surface area contributed by atoms with Crippen molar-refractivity contribution in [1.29, 1.82) is 0 Å². The number of ether oxygens (including phenoxy) is 4. The molecule has 2 rings (SSSR count). The molecule has 4 unspecified atom stereocenters. The molecule has 1 aromatic carbocycles. The van der Waals surface area contributed by atoms with E-state index in [0.29, 0.717) is 63.0 Å². The van der Waals surface area contributed by atoms with Crippen LogP contribution in [0.3, 0.4) is 0 Å². The van der Waals surface area contributed by atoms with Crippen LogP contribution in [0.4, 0.5) is 0 Å². The summed E-state index contributed by atoms with van der Waals surface area (Å²) in [5.41, 5.74) is 12.0. The molecule has 7 N–H and O–H groups in total. The van der Waals surface area contributed by atoms with Crippen LogP contribution in [-0.2, 0) is 19.1 Å². The first-order chi connectivity index (χ1) is 22.4. The average Bonchev–Trinajstić information content (AvgIpc) is 3.04. The molecule has 13 heteroatoms. The third-order valence-corrected chi connectivity index (χ3v) is 8.58. The normalized spacial score (nSPS) is 16.4. The van der Waals surface area contributed by atoms with Crippen LogP contribution >= 0.6 is 0 Å². The number of aliphatic hydroxyl groups is 1. The molecule has 0 spiro atoms. The Hall–Kier alpha value is -2.97. The number of hydrogen-bond acceptors (Lipinski definition) is 10. The van der Waals surface area contributed by atoms with E-state index in [-0.39, 0.29) is 48.5 Å². The lowest BCUT2D eigenvalue weighted by Gasteiger charge is -2.30. The fraction of sp³-hybridized carbons (Fsp3) is 0.735. The first kappa shape index (κ1) is 40.2. The molecule has 1 aliphatic heterocycles. The summed E-state index contributed by atoms with van der Waals surface area (Å²) >= 11 is 0. The minimum atomic E-state index is -0.879. The van der Waals surface area contributed by atoms with Crippen molar-refractivity contribution in [3.05, 3.63) is 23.8 Å². The highest BCUT2D eigenvalue weighted by Crippen LogP contribution is 2.27. The van der Waals surface area contributed by atoms with Crippen molar-refractivity contribution in [2.75, 3.05) is 72.9 Å². The topological polar surface area (TPSA) is 188 Å². The molecule has 4 atom stereocenters. The molecule has 0 radical (unpaired) electrons. The molecule has 1 saturated heterocycles. The summed E-state index contributed by atoms with van der Waals surface area (Å²) in [6.07, 6.45) is 1.37. The van der Waals surface area contributed by atoms with Crippen LogP contribution in [-0.4, -0.2) is 113 Å². The van der Waals surface area contributed by atoms with E-state index in [1.54, 1.807) is 25.3 Å². The largest absolute Gasteiger partial charge is 0.493 e. The van der Waals surface area contributed by atoms with Gasteiger partial charge in [0.1, 0.15) is 11.5 Å². The van der Waals surface area contributed by atoms with Gasteiger partial charge in [0, 0.05) is 64.5 Å². The standard InChI is InChI=1S/C34H59N5O8/c1-23(2)25(18-29(35)30(40)20-28(24(3)4)34(43)37-10-11-39-12-16-45-17-13-39)21-38-33(42)27-9-8-26(47-22-32(36)41)19-31(27)46-15-7-6-14-44-5/h8-9,19,23-25,28-30,40H,6-7,10-18,20-22,35H2,1-5H3,(H2,36,41)(H,37,43)(H,38,42). The molecule has 1 aromatic rings. The third kappa shape index (κ3) is 15.2. The van der Waals surface area contributed by atoms with E-state index in [2.05, 4.69) is 15.5 Å². The van der Waals surface area contributed by atoms with Crippen molar-refractivity contribution in [3.8, 4) is 11.5 Å². The van der Waals surface area contributed by atoms with Gasteiger partial charge >= 0.3 is 0 Å². The van der Waals surface area contributed by atoms with E-state index in [1.165, 1.54) is 0 Å². The van der Waals surface area contributed by atoms with Gasteiger partial charge in [-0.1, -0.05) is 27.7 Å². The fourth-order valence-corrected chi connectivity index (χ4v) is 5.41. The number of hydrogen-bond donors (Lipinski definition) is 5. The lowest BCUT2D eigenvalue weighted by molar-refractivity contribution is -0.127. The van der Waals surface area contributed by atoms with Crippen LogP contribution in [0.5, 0.6) is 11.5 Å². The van der Waals surface area contributed by atoms with E-state index in [9.17, 15) is 19.5 Å². The number of unbranched alkanes of at least 4 members (excludes halogenated alkanes) is 1. The van der Waals surface area contributed by atoms with E-state index < -0.39 is 18.1 Å². The molecule has 0 aromatic heterocycles. The smallest absolute Gasteiger partial charge is 0.255 e. The van der Waals surface area contributed by atoms with Gasteiger partial charge in [-0.3, -0.25) is 19.3 Å². The molecule has 0 aliphatic carbocycles. The SMILES string of the molecule is COCCCCOc1cc(OCC(N)=O)ccc1C(=O)NCC(CC(N)C(O)CC(C(=O)NCCN1CCOCC1)C(C)C)C(C)C. The van der Waals surface area contributed by atoms with E-state index in [4.69, 9.17) is 30.4 Å². The summed E-state index contributed by atoms with van der Waals surface area (Å²) in [6, 6.07) is 4.18. The summed E-state index contributed by atoms with van der Waals surface area (Å²) in [5.74, 6) is -0.527. The summed E-state index contributed by atoms with van der Waals surface area (Å²) in [7, 11) is 1.64. The number of nitrogens with zero attached hydrogens (tertiary/aromatic N) is 1. The Balaban J connectivity index is 1.97. The summed E-state index contributed by atoms with van der Waals surface area (Å²) in [5, 5.41) is 17.1. The van der Waals surface area contributed by atoms with Crippen molar-refractivity contribution < 1.29 is 38.4 Å². The second-order valence-electron chi connectivity index (χ2n) is 13.0. The van der Waals surface area contributed by atoms with Gasteiger partial charge in [-0.05, 0) is 55.6 Å². The number of amides is 3. The van der Waals surface area contributed by atoms with E-state index in [0.717, 1.165) is 32.5 Å². The van der Waals surface area contributed by atoms with E-state index >= 15 is 0 Å². The lowest BCUT2D eigenvalue weighted by Crippen LogP contribution is -2.45. The van der Waals surface area contributed by atoms with Crippen molar-refractivity contribution >= 4 is 17.7 Å². The number of carbonyl (C=O) groups excluding carboxylic acids is 3. The van der Waals surface area contributed by atoms with Gasteiger partial charge in [0.25, 0.3) is 11.8 Å². The number of rotatable bonds is 23. The first-order valence-corrected chi connectivity index (χ1v) is 16.9. The van der Waals surface area contributed by atoms with Gasteiger partial charge < -0.3 is 46.2 Å². The number of methoxy groups -OCH3 is 1. The predicted molar refractivity (Wildman–Crippen MR) is 180 cm³/mol. The van der Waals surface area contributed by atoms with Gasteiger partial charge in [0.15, 0.2) is 6.61 Å². The quantitative estimate of drug-likeness (QED) is 0.107. The summed E-state index contributed by atoms with van der Waals surface area (Å²) in [6.45, 7) is 13.5. The first-order valence-electron chi connectivity index (χ1n) is 16.9. The van der Waals surface area contributed by atoms with Crippen LogP contribution in [0.25, 0.3) is 0 Å². The number of nitrogens with two attached hydrogens (primary N) is 2. The Kier molecular flexibility index (Phi) is 18.7.